The van der Waals surface area contributed by atoms with Crippen molar-refractivity contribution in [2.24, 2.45) is 5.73 Å². The van der Waals surface area contributed by atoms with Crippen LogP contribution in [0.2, 0.25) is 0 Å². The quantitative estimate of drug-likeness (QED) is 0.599. The first-order chi connectivity index (χ1) is 11.2. The van der Waals surface area contributed by atoms with Gasteiger partial charge in [-0.3, -0.25) is 18.7 Å². The van der Waals surface area contributed by atoms with Crippen LogP contribution in [0.5, 0.6) is 0 Å². The molecule has 0 spiro atoms. The zero-order valence-electron chi connectivity index (χ0n) is 12.0. The highest BCUT2D eigenvalue weighted by molar-refractivity contribution is 9.10. The number of nitrogens with two attached hydrogens (primary N) is 1. The maximum Gasteiger partial charge on any atom is 0.346 e. The summed E-state index contributed by atoms with van der Waals surface area (Å²) in [5.41, 5.74) is 4.30. The Morgan fingerprint density at radius 1 is 1.33 bits per heavy atom. The molecule has 0 radical (unpaired) electrons. The minimum Gasteiger partial charge on any atom is -0.480 e. The van der Waals surface area contributed by atoms with Gasteiger partial charge >= 0.3 is 17.6 Å². The molecule has 0 saturated heterocycles. The van der Waals surface area contributed by atoms with Crippen LogP contribution in [0.25, 0.3) is 0 Å². The summed E-state index contributed by atoms with van der Waals surface area (Å²) in [6, 6.07) is 0.185. The third kappa shape index (κ3) is 3.63. The fourth-order valence-corrected chi connectivity index (χ4v) is 3.21. The smallest absolute Gasteiger partial charge is 0.346 e. The van der Waals surface area contributed by atoms with E-state index < -0.39 is 29.2 Å². The summed E-state index contributed by atoms with van der Waals surface area (Å²) in [5.74, 6) is -2.45. The Hall–Kier alpha value is -2.24. The van der Waals surface area contributed by atoms with Gasteiger partial charge in [0.15, 0.2) is 0 Å². The third-order valence-electron chi connectivity index (χ3n) is 3.18. The Kier molecular flexibility index (Phi) is 5.36. The largest absolute Gasteiger partial charge is 0.480 e. The van der Waals surface area contributed by atoms with E-state index in [9.17, 15) is 19.2 Å². The lowest BCUT2D eigenvalue weighted by molar-refractivity contribution is -0.138. The fraction of sp³-hybridized carbons (Fsp3) is 0.231. The van der Waals surface area contributed by atoms with Crippen molar-refractivity contribution in [1.29, 1.82) is 0 Å². The van der Waals surface area contributed by atoms with Gasteiger partial charge in [-0.2, -0.15) is 0 Å². The highest BCUT2D eigenvalue weighted by Crippen LogP contribution is 2.17. The molecular formula is C13H12BrN3O6S. The lowest BCUT2D eigenvalue weighted by Crippen LogP contribution is -2.44. The Balaban J connectivity index is 2.50. The number of carbonyl (C=O) groups is 2. The molecule has 24 heavy (non-hydrogen) atoms. The van der Waals surface area contributed by atoms with E-state index >= 15 is 0 Å². The minimum atomic E-state index is -1.32. The maximum absolute atomic E-state index is 12.4. The number of thiophene rings is 1. The Morgan fingerprint density at radius 3 is 2.58 bits per heavy atom. The lowest BCUT2D eigenvalue weighted by atomic mass is 10.2. The molecule has 0 aromatic carbocycles. The molecule has 2 heterocycles. The first-order valence-electron chi connectivity index (χ1n) is 6.50. The molecule has 2 aromatic rings. The summed E-state index contributed by atoms with van der Waals surface area (Å²) < 4.78 is 1.86. The standard InChI is InChI=1S/C13H12BrN3O6S/c14-7-4-16(5-8(15)11(19)20)13(23)17(10(7)18)3-6-1-2-24-9(6)12(21)22/h1-2,4,8H,3,5,15H2,(H,19,20)(H,21,22)/t8-/m0/s1. The number of aromatic carboxylic acids is 1. The summed E-state index contributed by atoms with van der Waals surface area (Å²) in [6.45, 7) is -0.576. The van der Waals surface area contributed by atoms with Crippen LogP contribution in [0.15, 0.2) is 31.7 Å². The Labute approximate surface area is 146 Å². The second-order valence-corrected chi connectivity index (χ2v) is 6.60. The number of carboxylic acids is 2. The van der Waals surface area contributed by atoms with E-state index in [-0.39, 0.29) is 22.4 Å². The van der Waals surface area contributed by atoms with Crippen LogP contribution in [0, 0.1) is 0 Å². The van der Waals surface area contributed by atoms with Crippen molar-refractivity contribution in [1.82, 2.24) is 9.13 Å². The topological polar surface area (TPSA) is 145 Å². The molecule has 0 unspecified atom stereocenters. The van der Waals surface area contributed by atoms with E-state index in [0.29, 0.717) is 5.56 Å². The van der Waals surface area contributed by atoms with Crippen molar-refractivity contribution in [3.63, 3.8) is 0 Å². The van der Waals surface area contributed by atoms with Gasteiger partial charge in [0.05, 0.1) is 17.6 Å². The molecule has 2 rings (SSSR count). The Morgan fingerprint density at radius 2 is 2.00 bits per heavy atom. The van der Waals surface area contributed by atoms with E-state index in [4.69, 9.17) is 15.9 Å². The van der Waals surface area contributed by atoms with Crippen LogP contribution in [-0.4, -0.2) is 37.3 Å². The van der Waals surface area contributed by atoms with Crippen LogP contribution < -0.4 is 17.0 Å². The lowest BCUT2D eigenvalue weighted by Gasteiger charge is -2.13. The summed E-state index contributed by atoms with van der Waals surface area (Å²) in [5, 5.41) is 19.5. The number of hydrogen-bond donors (Lipinski definition) is 3. The molecule has 128 valence electrons. The number of nitrogens with zero attached hydrogens (tertiary/aromatic N) is 2. The van der Waals surface area contributed by atoms with Crippen LogP contribution in [0.1, 0.15) is 15.2 Å². The van der Waals surface area contributed by atoms with E-state index in [1.807, 2.05) is 0 Å². The van der Waals surface area contributed by atoms with E-state index in [1.54, 1.807) is 5.38 Å². The number of rotatable bonds is 6. The second kappa shape index (κ2) is 7.11. The van der Waals surface area contributed by atoms with Gasteiger partial charge in [-0.05, 0) is 32.9 Å². The van der Waals surface area contributed by atoms with E-state index in [1.165, 1.54) is 6.07 Å². The third-order valence-corrected chi connectivity index (χ3v) is 4.66. The molecule has 0 aliphatic heterocycles. The molecule has 0 amide bonds. The molecule has 4 N–H and O–H groups in total. The van der Waals surface area contributed by atoms with Crippen molar-refractivity contribution < 1.29 is 19.8 Å². The normalized spacial score (nSPS) is 12.1. The van der Waals surface area contributed by atoms with Crippen LogP contribution in [-0.2, 0) is 17.9 Å². The van der Waals surface area contributed by atoms with Crippen molar-refractivity contribution in [2.45, 2.75) is 19.1 Å². The molecular weight excluding hydrogens is 406 g/mol. The summed E-state index contributed by atoms with van der Waals surface area (Å²) in [4.78, 5) is 46.6. The predicted molar refractivity (Wildman–Crippen MR) is 88.7 cm³/mol. The molecule has 0 aliphatic rings. The number of aromatic nitrogens is 2. The number of hydrogen-bond acceptors (Lipinski definition) is 6. The fourth-order valence-electron chi connectivity index (χ4n) is 2.00. The van der Waals surface area contributed by atoms with Crippen LogP contribution in [0.3, 0.4) is 0 Å². The van der Waals surface area contributed by atoms with Crippen molar-refractivity contribution in [3.05, 3.63) is 53.4 Å². The maximum atomic E-state index is 12.4. The van der Waals surface area contributed by atoms with Gasteiger partial charge in [0.1, 0.15) is 10.9 Å². The van der Waals surface area contributed by atoms with Gasteiger partial charge in [0.25, 0.3) is 5.56 Å². The molecule has 11 heteroatoms. The SMILES string of the molecule is N[C@@H](Cn1cc(Br)c(=O)n(Cc2ccsc2C(=O)O)c1=O)C(=O)O. The van der Waals surface area contributed by atoms with Crippen molar-refractivity contribution in [2.75, 3.05) is 0 Å². The van der Waals surface area contributed by atoms with Crippen molar-refractivity contribution >= 4 is 39.2 Å². The highest BCUT2D eigenvalue weighted by atomic mass is 79.9. The van der Waals surface area contributed by atoms with Gasteiger partial charge in [0.2, 0.25) is 0 Å². The first kappa shape index (κ1) is 18.1. The van der Waals surface area contributed by atoms with Gasteiger partial charge in [0, 0.05) is 6.20 Å². The predicted octanol–water partition coefficient (Wildman–Crippen LogP) is -0.00760. The molecule has 0 saturated carbocycles. The molecule has 9 nitrogen and oxygen atoms in total. The molecule has 0 bridgehead atoms. The molecule has 0 aliphatic carbocycles. The zero-order valence-corrected chi connectivity index (χ0v) is 14.4. The number of aliphatic carboxylic acids is 1. The summed E-state index contributed by atoms with van der Waals surface area (Å²) in [6.07, 6.45) is 1.16. The van der Waals surface area contributed by atoms with E-state index in [0.717, 1.165) is 26.7 Å². The zero-order chi connectivity index (χ0) is 18.0. The number of carboxylic acid groups (broad SMARTS) is 2. The molecule has 2 aromatic heterocycles. The Bertz CT molecular complexity index is 915. The minimum absolute atomic E-state index is 0.0232. The van der Waals surface area contributed by atoms with E-state index in [2.05, 4.69) is 15.9 Å². The van der Waals surface area contributed by atoms with Gasteiger partial charge in [-0.25, -0.2) is 9.59 Å². The van der Waals surface area contributed by atoms with Crippen molar-refractivity contribution in [3.8, 4) is 0 Å². The van der Waals surface area contributed by atoms with Crippen LogP contribution >= 0.6 is 27.3 Å². The summed E-state index contributed by atoms with van der Waals surface area (Å²) in [7, 11) is 0. The van der Waals surface area contributed by atoms with Gasteiger partial charge < -0.3 is 15.9 Å². The molecule has 0 fully saturated rings. The average molecular weight is 418 g/mol. The van der Waals surface area contributed by atoms with Gasteiger partial charge in [-0.15, -0.1) is 11.3 Å². The average Bonchev–Trinajstić information content (AvgIpc) is 2.97. The van der Waals surface area contributed by atoms with Crippen LogP contribution in [0.4, 0.5) is 0 Å². The molecule has 1 atom stereocenters. The highest BCUT2D eigenvalue weighted by Gasteiger charge is 2.18. The first-order valence-corrected chi connectivity index (χ1v) is 8.17. The van der Waals surface area contributed by atoms with Gasteiger partial charge in [-0.1, -0.05) is 0 Å². The second-order valence-electron chi connectivity index (χ2n) is 4.83. The summed E-state index contributed by atoms with van der Waals surface area (Å²) >= 11 is 3.99. The number of halogens is 1. The monoisotopic (exact) mass is 417 g/mol.